The van der Waals surface area contributed by atoms with Crippen LogP contribution in [0, 0.1) is 0 Å². The number of carbonyl (C=O) groups excluding carboxylic acids is 3. The largest absolute Gasteiger partial charge is 0.545 e. The number of nitrogens with zero attached hydrogens (tertiary/aromatic N) is 1. The van der Waals surface area contributed by atoms with E-state index in [0.717, 1.165) is 51.4 Å². The molecule has 9 nitrogen and oxygen atoms in total. The van der Waals surface area contributed by atoms with Crippen molar-refractivity contribution in [3.8, 4) is 0 Å². The van der Waals surface area contributed by atoms with E-state index in [2.05, 4.69) is 50.3 Å². The van der Waals surface area contributed by atoms with Crippen molar-refractivity contribution in [2.45, 2.75) is 495 Å². The molecular weight excluding hydrogens is 1260 g/mol. The van der Waals surface area contributed by atoms with Crippen LogP contribution in [0.3, 0.4) is 0 Å². The molecule has 0 aliphatic heterocycles. The van der Waals surface area contributed by atoms with E-state index < -0.39 is 24.3 Å². The highest BCUT2D eigenvalue weighted by Gasteiger charge is 2.22. The van der Waals surface area contributed by atoms with Crippen molar-refractivity contribution >= 4 is 17.9 Å². The Hall–Kier alpha value is -2.49. The summed E-state index contributed by atoms with van der Waals surface area (Å²) in [6.45, 7) is 4.83. The van der Waals surface area contributed by atoms with Crippen LogP contribution < -0.4 is 5.11 Å². The molecule has 102 heavy (non-hydrogen) atoms. The maximum atomic E-state index is 13.0. The van der Waals surface area contributed by atoms with Crippen LogP contribution in [0.25, 0.3) is 0 Å². The van der Waals surface area contributed by atoms with E-state index in [1.54, 1.807) is 0 Å². The van der Waals surface area contributed by atoms with E-state index in [4.69, 9.17) is 18.9 Å². The Balaban J connectivity index is 3.88. The van der Waals surface area contributed by atoms with Crippen LogP contribution >= 0.6 is 0 Å². The van der Waals surface area contributed by atoms with E-state index >= 15 is 0 Å². The molecule has 602 valence electrons. The fourth-order valence-electron chi connectivity index (χ4n) is 14.2. The number of likely N-dealkylation sites (N-methyl/N-ethyl adjacent to an activating group) is 1. The lowest BCUT2D eigenvalue weighted by atomic mass is 10.0. The molecule has 0 rings (SSSR count). The lowest BCUT2D eigenvalue weighted by Crippen LogP contribution is -2.44. The molecular formula is C93H177NO8. The van der Waals surface area contributed by atoms with Gasteiger partial charge in [-0.3, -0.25) is 9.59 Å². The molecule has 0 bridgehead atoms. The molecule has 0 N–H and O–H groups in total. The van der Waals surface area contributed by atoms with Gasteiger partial charge in [-0.05, 0) is 51.4 Å². The van der Waals surface area contributed by atoms with Crippen molar-refractivity contribution in [1.82, 2.24) is 0 Å². The van der Waals surface area contributed by atoms with Gasteiger partial charge in [-0.2, -0.15) is 0 Å². The van der Waals surface area contributed by atoms with Crippen molar-refractivity contribution in [3.05, 3.63) is 36.5 Å². The number of aliphatic carboxylic acids is 1. The Kier molecular flexibility index (Phi) is 82.1. The van der Waals surface area contributed by atoms with Gasteiger partial charge in [-0.1, -0.05) is 455 Å². The summed E-state index contributed by atoms with van der Waals surface area (Å²) < 4.78 is 22.9. The molecule has 0 aromatic carbocycles. The Bertz CT molecular complexity index is 1770. The number of quaternary nitrogens is 1. The molecule has 0 aliphatic carbocycles. The number of hydrogen-bond donors (Lipinski definition) is 0. The van der Waals surface area contributed by atoms with Gasteiger partial charge >= 0.3 is 11.9 Å². The maximum absolute atomic E-state index is 13.0. The van der Waals surface area contributed by atoms with Crippen LogP contribution in [-0.4, -0.2) is 82.3 Å². The van der Waals surface area contributed by atoms with Gasteiger partial charge in [0.05, 0.1) is 40.3 Å². The number of hydrogen-bond acceptors (Lipinski definition) is 8. The molecule has 2 unspecified atom stereocenters. The van der Waals surface area contributed by atoms with Gasteiger partial charge in [0.1, 0.15) is 13.2 Å². The first-order valence-electron chi connectivity index (χ1n) is 45.6. The first kappa shape index (κ1) is 99.5. The lowest BCUT2D eigenvalue weighted by Gasteiger charge is -2.26. The smallest absolute Gasteiger partial charge is 0.306 e. The van der Waals surface area contributed by atoms with Crippen molar-refractivity contribution in [3.63, 3.8) is 0 Å². The molecule has 0 aromatic rings. The first-order valence-corrected chi connectivity index (χ1v) is 45.6. The van der Waals surface area contributed by atoms with Crippen molar-refractivity contribution in [2.75, 3.05) is 47.5 Å². The lowest BCUT2D eigenvalue weighted by molar-refractivity contribution is -0.870. The van der Waals surface area contributed by atoms with Gasteiger partial charge in [-0.15, -0.1) is 0 Å². The van der Waals surface area contributed by atoms with Gasteiger partial charge in [0.25, 0.3) is 0 Å². The van der Waals surface area contributed by atoms with Gasteiger partial charge in [0, 0.05) is 12.8 Å². The van der Waals surface area contributed by atoms with Crippen LogP contribution in [0.1, 0.15) is 483 Å². The standard InChI is InChI=1S/C93H177NO8/c1-6-8-10-12-14-16-18-20-22-24-26-28-30-32-34-36-38-40-42-44-45-46-47-48-50-52-54-56-58-60-62-64-66-68-70-72-74-76-78-80-82-84-91(96)102-89(88-101-93(92(97)98)99-86-85-94(3,4)5)87-100-90(95)83-81-79-77-75-73-71-69-67-65-63-61-59-57-55-53-51-49-43-41-39-37-35-33-31-29-27-25-23-21-19-17-15-13-11-9-7-2/h18,20,24,26,30,32,89,93H,6-17,19,21-23,25,27-29,31,33-88H2,1-5H3/b20-18-,26-24-,32-30-. The highest BCUT2D eigenvalue weighted by atomic mass is 16.7. The molecule has 0 aliphatic rings. The van der Waals surface area contributed by atoms with Crippen LogP contribution in [0.4, 0.5) is 0 Å². The molecule has 2 atom stereocenters. The highest BCUT2D eigenvalue weighted by molar-refractivity contribution is 5.70. The summed E-state index contributed by atoms with van der Waals surface area (Å²) in [5.41, 5.74) is 0. The third kappa shape index (κ3) is 84.8. The summed E-state index contributed by atoms with van der Waals surface area (Å²) in [6.07, 6.45) is 108. The zero-order valence-electron chi connectivity index (χ0n) is 69.3. The van der Waals surface area contributed by atoms with E-state index in [-0.39, 0.29) is 32.2 Å². The average Bonchev–Trinajstić information content (AvgIpc) is 0.999. The second-order valence-corrected chi connectivity index (χ2v) is 32.6. The van der Waals surface area contributed by atoms with Gasteiger partial charge in [0.15, 0.2) is 12.4 Å². The summed E-state index contributed by atoms with van der Waals surface area (Å²) >= 11 is 0. The quantitative estimate of drug-likeness (QED) is 0.0195. The molecule has 0 fully saturated rings. The summed E-state index contributed by atoms with van der Waals surface area (Å²) in [7, 11) is 5.96. The molecule has 0 saturated carbocycles. The van der Waals surface area contributed by atoms with Crippen molar-refractivity contribution < 1.29 is 42.9 Å². The summed E-state index contributed by atoms with van der Waals surface area (Å²) in [4.78, 5) is 37.7. The number of carboxylic acids is 1. The Morgan fingerprint density at radius 1 is 0.294 bits per heavy atom. The molecule has 0 radical (unpaired) electrons. The maximum Gasteiger partial charge on any atom is 0.306 e. The topological polar surface area (TPSA) is 111 Å². The minimum atomic E-state index is -1.62. The van der Waals surface area contributed by atoms with Crippen molar-refractivity contribution in [1.29, 1.82) is 0 Å². The van der Waals surface area contributed by atoms with Gasteiger partial charge < -0.3 is 33.3 Å². The van der Waals surface area contributed by atoms with Crippen molar-refractivity contribution in [2.24, 2.45) is 0 Å². The van der Waals surface area contributed by atoms with Crippen LogP contribution in [0.15, 0.2) is 36.5 Å². The molecule has 0 amide bonds. The fourth-order valence-corrected chi connectivity index (χ4v) is 14.2. The third-order valence-electron chi connectivity index (χ3n) is 21.1. The summed E-state index contributed by atoms with van der Waals surface area (Å²) in [5.74, 6) is -2.24. The van der Waals surface area contributed by atoms with Gasteiger partial charge in [-0.25, -0.2) is 0 Å². The number of allylic oxidation sites excluding steroid dienone is 6. The average molecular weight is 1440 g/mol. The van der Waals surface area contributed by atoms with Crippen LogP contribution in [0.5, 0.6) is 0 Å². The van der Waals surface area contributed by atoms with Crippen LogP contribution in [0.2, 0.25) is 0 Å². The highest BCUT2D eigenvalue weighted by Crippen LogP contribution is 2.21. The first-order chi connectivity index (χ1) is 50.1. The molecule has 0 aromatic heterocycles. The monoisotopic (exact) mass is 1440 g/mol. The molecule has 9 heteroatoms. The second kappa shape index (κ2) is 84.1. The Morgan fingerprint density at radius 3 is 0.784 bits per heavy atom. The zero-order valence-corrected chi connectivity index (χ0v) is 69.3. The number of carbonyl (C=O) groups is 3. The number of esters is 2. The minimum Gasteiger partial charge on any atom is -0.545 e. The van der Waals surface area contributed by atoms with E-state index in [1.165, 1.54) is 405 Å². The van der Waals surface area contributed by atoms with Gasteiger partial charge in [0.2, 0.25) is 0 Å². The molecule has 0 saturated heterocycles. The van der Waals surface area contributed by atoms with E-state index in [1.807, 2.05) is 21.1 Å². The van der Waals surface area contributed by atoms with Crippen LogP contribution in [-0.2, 0) is 33.3 Å². The van der Waals surface area contributed by atoms with E-state index in [9.17, 15) is 19.5 Å². The number of ether oxygens (including phenoxy) is 4. The minimum absolute atomic E-state index is 0.152. The second-order valence-electron chi connectivity index (χ2n) is 32.6. The SMILES string of the molecule is CCCCCCC/C=C\C/C=C\C/C=C\CCCCCCCCCCCCCCCCCCCCCCCCCCCCC(=O)OC(COC(=O)CCCCCCCCCCCCCCCCCCCCCCCCCCCCCCCCCCCCCC)COC(OCC[N+](C)(C)C)C(=O)[O-]. The predicted molar refractivity (Wildman–Crippen MR) is 440 cm³/mol. The zero-order chi connectivity index (χ0) is 73.9. The number of unbranched alkanes of at least 4 members (excludes halogenated alkanes) is 66. The third-order valence-corrected chi connectivity index (χ3v) is 21.1. The Morgan fingerprint density at radius 2 is 0.529 bits per heavy atom. The number of rotatable bonds is 87. The summed E-state index contributed by atoms with van der Waals surface area (Å²) in [5, 5.41) is 11.9. The van der Waals surface area contributed by atoms with E-state index in [0.29, 0.717) is 17.4 Å². The summed E-state index contributed by atoms with van der Waals surface area (Å²) in [6, 6.07) is 0. The molecule has 0 spiro atoms. The molecule has 0 heterocycles. The fraction of sp³-hybridized carbons (Fsp3) is 0.903. The predicted octanol–water partition coefficient (Wildman–Crippen LogP) is 28.4. The normalized spacial score (nSPS) is 12.7. The number of carboxylic acid groups (broad SMARTS) is 1. The Labute approximate surface area is 636 Å².